The van der Waals surface area contributed by atoms with Gasteiger partial charge in [-0.15, -0.1) is 0 Å². The fourth-order valence-electron chi connectivity index (χ4n) is 4.20. The van der Waals surface area contributed by atoms with Crippen LogP contribution < -0.4 is 5.73 Å². The molecular weight excluding hydrogens is 252 g/mol. The van der Waals surface area contributed by atoms with E-state index in [4.69, 9.17) is 15.2 Å². The maximum Gasteiger partial charge on any atom is 0.0615 e. The van der Waals surface area contributed by atoms with Gasteiger partial charge in [0.05, 0.1) is 13.2 Å². The van der Waals surface area contributed by atoms with Gasteiger partial charge in [0.15, 0.2) is 0 Å². The molecule has 0 aliphatic heterocycles. The van der Waals surface area contributed by atoms with Crippen LogP contribution in [-0.2, 0) is 9.47 Å². The Morgan fingerprint density at radius 3 is 2.25 bits per heavy atom. The van der Waals surface area contributed by atoms with Crippen molar-refractivity contribution < 1.29 is 9.47 Å². The van der Waals surface area contributed by atoms with Crippen molar-refractivity contribution in [3.63, 3.8) is 0 Å². The summed E-state index contributed by atoms with van der Waals surface area (Å²) in [4.78, 5) is 2.55. The van der Waals surface area contributed by atoms with Crippen LogP contribution in [0.2, 0.25) is 0 Å². The lowest BCUT2D eigenvalue weighted by Gasteiger charge is -2.52. The van der Waals surface area contributed by atoms with E-state index in [1.54, 1.807) is 14.2 Å². The molecule has 1 saturated carbocycles. The minimum absolute atomic E-state index is 0.105. The van der Waals surface area contributed by atoms with E-state index in [0.717, 1.165) is 38.1 Å². The summed E-state index contributed by atoms with van der Waals surface area (Å²) in [5, 5.41) is 0. The Morgan fingerprint density at radius 2 is 1.80 bits per heavy atom. The molecule has 0 saturated heterocycles. The largest absolute Gasteiger partial charge is 0.383 e. The van der Waals surface area contributed by atoms with Crippen molar-refractivity contribution in [1.82, 2.24) is 4.90 Å². The summed E-state index contributed by atoms with van der Waals surface area (Å²) in [6.07, 6.45) is 3.69. The minimum Gasteiger partial charge on any atom is -0.383 e. The fraction of sp³-hybridized carbons (Fsp3) is 1.00. The van der Waals surface area contributed by atoms with Crippen LogP contribution in [0.15, 0.2) is 0 Å². The van der Waals surface area contributed by atoms with Gasteiger partial charge in [-0.25, -0.2) is 0 Å². The first-order chi connectivity index (χ1) is 9.49. The van der Waals surface area contributed by atoms with Crippen molar-refractivity contribution in [3.05, 3.63) is 0 Å². The summed E-state index contributed by atoms with van der Waals surface area (Å²) >= 11 is 0. The average Bonchev–Trinajstić information content (AvgIpc) is 2.38. The molecule has 0 amide bonds. The number of hydrogen-bond donors (Lipinski definition) is 1. The van der Waals surface area contributed by atoms with E-state index in [1.165, 1.54) is 19.3 Å². The van der Waals surface area contributed by atoms with E-state index in [2.05, 4.69) is 25.7 Å². The van der Waals surface area contributed by atoms with Gasteiger partial charge in [-0.1, -0.05) is 13.8 Å². The molecule has 3 unspecified atom stereocenters. The van der Waals surface area contributed by atoms with Crippen molar-refractivity contribution in [2.24, 2.45) is 17.6 Å². The molecule has 4 heteroatoms. The van der Waals surface area contributed by atoms with Gasteiger partial charge in [0, 0.05) is 38.9 Å². The van der Waals surface area contributed by atoms with Gasteiger partial charge in [0.1, 0.15) is 0 Å². The van der Waals surface area contributed by atoms with Gasteiger partial charge < -0.3 is 15.2 Å². The smallest absolute Gasteiger partial charge is 0.0615 e. The van der Waals surface area contributed by atoms with Crippen molar-refractivity contribution in [1.29, 1.82) is 0 Å². The van der Waals surface area contributed by atoms with Crippen molar-refractivity contribution in [2.45, 2.75) is 51.6 Å². The van der Waals surface area contributed by atoms with Crippen LogP contribution in [0.4, 0.5) is 0 Å². The molecule has 0 radical (unpaired) electrons. The van der Waals surface area contributed by atoms with E-state index < -0.39 is 0 Å². The number of nitrogens with two attached hydrogens (primary N) is 1. The molecule has 4 nitrogen and oxygen atoms in total. The highest BCUT2D eigenvalue weighted by atomic mass is 16.5. The van der Waals surface area contributed by atoms with Crippen molar-refractivity contribution in [3.8, 4) is 0 Å². The molecule has 0 aromatic carbocycles. The summed E-state index contributed by atoms with van der Waals surface area (Å²) in [6, 6.07) is 0.371. The second-order valence-corrected chi connectivity index (χ2v) is 6.77. The zero-order chi connectivity index (χ0) is 15.2. The Kier molecular flexibility index (Phi) is 7.45. The predicted molar refractivity (Wildman–Crippen MR) is 83.9 cm³/mol. The lowest BCUT2D eigenvalue weighted by atomic mass is 9.70. The number of hydrogen-bond acceptors (Lipinski definition) is 4. The molecule has 120 valence electrons. The molecule has 1 fully saturated rings. The molecule has 1 rings (SSSR count). The first-order valence-electron chi connectivity index (χ1n) is 7.93. The second kappa shape index (κ2) is 8.32. The Hall–Kier alpha value is -0.160. The summed E-state index contributed by atoms with van der Waals surface area (Å²) < 4.78 is 10.7. The van der Waals surface area contributed by atoms with E-state index in [1.807, 2.05) is 0 Å². The Labute approximate surface area is 125 Å². The van der Waals surface area contributed by atoms with Crippen molar-refractivity contribution >= 4 is 0 Å². The quantitative estimate of drug-likeness (QED) is 0.742. The maximum absolute atomic E-state index is 6.25. The summed E-state index contributed by atoms with van der Waals surface area (Å²) in [6.45, 7) is 10.1. The van der Waals surface area contributed by atoms with Gasteiger partial charge in [-0.05, 0) is 38.0 Å². The van der Waals surface area contributed by atoms with Crippen LogP contribution in [0.3, 0.4) is 0 Å². The SMILES string of the molecule is COCCN(C(C)COC)C1(CN)CC(C)CC(C)C1. The first-order valence-corrected chi connectivity index (χ1v) is 7.93. The monoisotopic (exact) mass is 286 g/mol. The highest BCUT2D eigenvalue weighted by Crippen LogP contribution is 2.40. The summed E-state index contributed by atoms with van der Waals surface area (Å²) in [5.74, 6) is 1.48. The molecule has 1 aliphatic rings. The molecule has 0 heterocycles. The molecular formula is C16H34N2O2. The predicted octanol–water partition coefficient (Wildman–Crippen LogP) is 2.12. The third kappa shape index (κ3) is 4.42. The van der Waals surface area contributed by atoms with Crippen molar-refractivity contribution in [2.75, 3.05) is 40.5 Å². The molecule has 2 N–H and O–H groups in total. The molecule has 0 bridgehead atoms. The Bertz CT molecular complexity index is 263. The zero-order valence-electron chi connectivity index (χ0n) is 14.0. The maximum atomic E-state index is 6.25. The van der Waals surface area contributed by atoms with Crippen LogP contribution in [-0.4, -0.2) is 57.0 Å². The lowest BCUT2D eigenvalue weighted by Crippen LogP contribution is -2.61. The lowest BCUT2D eigenvalue weighted by molar-refractivity contribution is -0.0387. The van der Waals surface area contributed by atoms with Gasteiger partial charge in [0.25, 0.3) is 0 Å². The van der Waals surface area contributed by atoms with Crippen LogP contribution in [0, 0.1) is 11.8 Å². The zero-order valence-corrected chi connectivity index (χ0v) is 14.0. The van der Waals surface area contributed by atoms with Gasteiger partial charge >= 0.3 is 0 Å². The summed E-state index contributed by atoms with van der Waals surface area (Å²) in [5.41, 5.74) is 6.35. The molecule has 0 aromatic heterocycles. The Morgan fingerprint density at radius 1 is 1.20 bits per heavy atom. The summed E-state index contributed by atoms with van der Waals surface area (Å²) in [7, 11) is 3.53. The second-order valence-electron chi connectivity index (χ2n) is 6.77. The standard InChI is InChI=1S/C16H34N2O2/c1-13-8-14(2)10-16(9-13,12-17)18(6-7-19-4)15(3)11-20-5/h13-15H,6-12,17H2,1-5H3. The normalized spacial score (nSPS) is 32.5. The average molecular weight is 286 g/mol. The van der Waals surface area contributed by atoms with Gasteiger partial charge in [-0.2, -0.15) is 0 Å². The van der Waals surface area contributed by atoms with E-state index >= 15 is 0 Å². The van der Waals surface area contributed by atoms with E-state index in [0.29, 0.717) is 6.04 Å². The van der Waals surface area contributed by atoms with Crippen LogP contribution in [0.1, 0.15) is 40.0 Å². The van der Waals surface area contributed by atoms with Crippen LogP contribution >= 0.6 is 0 Å². The van der Waals surface area contributed by atoms with E-state index in [9.17, 15) is 0 Å². The first kappa shape index (κ1) is 17.9. The Balaban J connectivity index is 2.92. The van der Waals surface area contributed by atoms with E-state index in [-0.39, 0.29) is 5.54 Å². The highest BCUT2D eigenvalue weighted by molar-refractivity contribution is 4.99. The molecule has 1 aliphatic carbocycles. The number of ether oxygens (including phenoxy) is 2. The minimum atomic E-state index is 0.105. The third-order valence-corrected chi connectivity index (χ3v) is 4.73. The number of methoxy groups -OCH3 is 2. The van der Waals surface area contributed by atoms with Gasteiger partial charge in [-0.3, -0.25) is 4.90 Å². The molecule has 3 atom stereocenters. The fourth-order valence-corrected chi connectivity index (χ4v) is 4.20. The van der Waals surface area contributed by atoms with Gasteiger partial charge in [0.2, 0.25) is 0 Å². The number of nitrogens with zero attached hydrogens (tertiary/aromatic N) is 1. The van der Waals surface area contributed by atoms with Crippen LogP contribution in [0.25, 0.3) is 0 Å². The number of rotatable bonds is 8. The topological polar surface area (TPSA) is 47.7 Å². The van der Waals surface area contributed by atoms with Crippen LogP contribution in [0.5, 0.6) is 0 Å². The third-order valence-electron chi connectivity index (χ3n) is 4.73. The molecule has 20 heavy (non-hydrogen) atoms. The molecule has 0 spiro atoms. The highest BCUT2D eigenvalue weighted by Gasteiger charge is 2.43. The molecule has 0 aromatic rings.